The quantitative estimate of drug-likeness (QED) is 0.476. The summed E-state index contributed by atoms with van der Waals surface area (Å²) in [6.45, 7) is 4.81. The first-order valence-corrected chi connectivity index (χ1v) is 7.54. The minimum atomic E-state index is -0.460. The second kappa shape index (κ2) is 7.55. The summed E-state index contributed by atoms with van der Waals surface area (Å²) in [4.78, 5) is 33.9. The third kappa shape index (κ3) is 4.07. The number of carbonyl (C=O) groups excluding carboxylic acids is 3. The molecule has 0 heterocycles. The van der Waals surface area contributed by atoms with Crippen molar-refractivity contribution < 1.29 is 23.9 Å². The summed E-state index contributed by atoms with van der Waals surface area (Å²) in [5.74, 6) is -0.268. The highest BCUT2D eigenvalue weighted by atomic mass is 16.5. The van der Waals surface area contributed by atoms with Gasteiger partial charge in [0.1, 0.15) is 17.8 Å². The van der Waals surface area contributed by atoms with Gasteiger partial charge in [-0.15, -0.1) is 0 Å². The molecule has 0 atom stereocenters. The third-order valence-electron chi connectivity index (χ3n) is 3.36. The molecule has 2 aromatic carbocycles. The van der Waals surface area contributed by atoms with Crippen LogP contribution in [0.2, 0.25) is 0 Å². The molecule has 5 nitrogen and oxygen atoms in total. The maximum Gasteiger partial charge on any atom is 0.310 e. The Bertz CT molecular complexity index is 792. The van der Waals surface area contributed by atoms with Crippen LogP contribution in [0.25, 0.3) is 11.1 Å². The molecule has 0 aromatic heterocycles. The predicted octanol–water partition coefficient (Wildman–Crippen LogP) is 3.72. The Kier molecular flexibility index (Phi) is 5.47. The Balaban J connectivity index is 2.60. The maximum atomic E-state index is 11.7. The standard InChI is InChI=1S/C19H18O5/c1-4-18(22)24-17-10-16(23-13(3)21)8-12(2)19(17)15-7-5-6-14(9-15)11-20/h5-11H,4H2,1-3H3. The van der Waals surface area contributed by atoms with Crippen molar-refractivity contribution in [3.8, 4) is 22.6 Å². The number of hydrogen-bond donors (Lipinski definition) is 0. The fraction of sp³-hybridized carbons (Fsp3) is 0.211. The Hall–Kier alpha value is -2.95. The highest BCUT2D eigenvalue weighted by molar-refractivity contribution is 5.84. The number of aryl methyl sites for hydroxylation is 1. The van der Waals surface area contributed by atoms with Crippen LogP contribution >= 0.6 is 0 Å². The summed E-state index contributed by atoms with van der Waals surface area (Å²) in [5, 5.41) is 0. The Morgan fingerprint density at radius 2 is 1.88 bits per heavy atom. The normalized spacial score (nSPS) is 10.1. The Labute approximate surface area is 140 Å². The minimum Gasteiger partial charge on any atom is -0.427 e. The molecule has 0 amide bonds. The molecule has 0 aliphatic heterocycles. The number of aldehydes is 1. The van der Waals surface area contributed by atoms with Crippen molar-refractivity contribution in [1.29, 1.82) is 0 Å². The van der Waals surface area contributed by atoms with Gasteiger partial charge in [-0.2, -0.15) is 0 Å². The zero-order valence-electron chi connectivity index (χ0n) is 13.8. The highest BCUT2D eigenvalue weighted by Gasteiger charge is 2.16. The van der Waals surface area contributed by atoms with Gasteiger partial charge in [-0.05, 0) is 30.2 Å². The molecule has 0 saturated heterocycles. The van der Waals surface area contributed by atoms with E-state index >= 15 is 0 Å². The van der Waals surface area contributed by atoms with Gasteiger partial charge < -0.3 is 9.47 Å². The first kappa shape index (κ1) is 17.4. The molecule has 24 heavy (non-hydrogen) atoms. The van der Waals surface area contributed by atoms with Crippen molar-refractivity contribution in [2.45, 2.75) is 27.2 Å². The van der Waals surface area contributed by atoms with E-state index < -0.39 is 11.9 Å². The van der Waals surface area contributed by atoms with Gasteiger partial charge in [0.25, 0.3) is 0 Å². The minimum absolute atomic E-state index is 0.213. The summed E-state index contributed by atoms with van der Waals surface area (Å²) in [7, 11) is 0. The summed E-state index contributed by atoms with van der Waals surface area (Å²) in [6, 6.07) is 10.2. The van der Waals surface area contributed by atoms with E-state index in [1.165, 1.54) is 13.0 Å². The molecule has 0 fully saturated rings. The molecular weight excluding hydrogens is 308 g/mol. The van der Waals surface area contributed by atoms with Gasteiger partial charge in [-0.25, -0.2) is 0 Å². The van der Waals surface area contributed by atoms with E-state index in [0.29, 0.717) is 22.6 Å². The van der Waals surface area contributed by atoms with Crippen LogP contribution in [-0.4, -0.2) is 18.2 Å². The average molecular weight is 326 g/mol. The van der Waals surface area contributed by atoms with E-state index in [9.17, 15) is 14.4 Å². The molecule has 2 rings (SSSR count). The van der Waals surface area contributed by atoms with Gasteiger partial charge in [0.15, 0.2) is 0 Å². The molecule has 0 spiro atoms. The zero-order valence-corrected chi connectivity index (χ0v) is 13.8. The van der Waals surface area contributed by atoms with Gasteiger partial charge in [0.2, 0.25) is 0 Å². The third-order valence-corrected chi connectivity index (χ3v) is 3.36. The molecule has 0 saturated carbocycles. The lowest BCUT2D eigenvalue weighted by Crippen LogP contribution is -2.08. The zero-order chi connectivity index (χ0) is 17.7. The Morgan fingerprint density at radius 3 is 2.50 bits per heavy atom. The summed E-state index contributed by atoms with van der Waals surface area (Å²) < 4.78 is 10.5. The molecule has 0 aliphatic rings. The lowest BCUT2D eigenvalue weighted by atomic mass is 9.97. The van der Waals surface area contributed by atoms with Gasteiger partial charge >= 0.3 is 11.9 Å². The molecule has 5 heteroatoms. The van der Waals surface area contributed by atoms with Crippen LogP contribution in [0, 0.1) is 6.92 Å². The first-order chi connectivity index (χ1) is 11.4. The van der Waals surface area contributed by atoms with E-state index in [-0.39, 0.29) is 6.42 Å². The number of hydrogen-bond acceptors (Lipinski definition) is 5. The van der Waals surface area contributed by atoms with E-state index in [1.807, 2.05) is 13.0 Å². The van der Waals surface area contributed by atoms with E-state index in [1.54, 1.807) is 31.2 Å². The number of benzene rings is 2. The highest BCUT2D eigenvalue weighted by Crippen LogP contribution is 2.37. The molecule has 0 aliphatic carbocycles. The summed E-state index contributed by atoms with van der Waals surface area (Å²) in [6.07, 6.45) is 0.967. The largest absolute Gasteiger partial charge is 0.427 e. The van der Waals surface area contributed by atoms with Crippen LogP contribution in [0.5, 0.6) is 11.5 Å². The first-order valence-electron chi connectivity index (χ1n) is 7.54. The molecule has 0 bridgehead atoms. The van der Waals surface area contributed by atoms with E-state index in [2.05, 4.69) is 0 Å². The van der Waals surface area contributed by atoms with Gasteiger partial charge in [0.05, 0.1) is 0 Å². The number of carbonyl (C=O) groups is 3. The second-order valence-corrected chi connectivity index (χ2v) is 5.28. The lowest BCUT2D eigenvalue weighted by molar-refractivity contribution is -0.134. The van der Waals surface area contributed by atoms with Gasteiger partial charge in [0, 0.05) is 30.5 Å². The summed E-state index contributed by atoms with van der Waals surface area (Å²) >= 11 is 0. The van der Waals surface area contributed by atoms with Crippen molar-refractivity contribution >= 4 is 18.2 Å². The van der Waals surface area contributed by atoms with Crippen molar-refractivity contribution in [1.82, 2.24) is 0 Å². The average Bonchev–Trinajstić information content (AvgIpc) is 2.53. The van der Waals surface area contributed by atoms with E-state index in [0.717, 1.165) is 17.4 Å². The van der Waals surface area contributed by atoms with Crippen LogP contribution in [-0.2, 0) is 9.59 Å². The number of rotatable bonds is 5. The monoisotopic (exact) mass is 326 g/mol. The SMILES string of the molecule is CCC(=O)Oc1cc(OC(C)=O)cc(C)c1-c1cccc(C=O)c1. The molecule has 0 radical (unpaired) electrons. The predicted molar refractivity (Wildman–Crippen MR) is 89.2 cm³/mol. The fourth-order valence-electron chi connectivity index (χ4n) is 2.36. The number of ether oxygens (including phenoxy) is 2. The fourth-order valence-corrected chi connectivity index (χ4v) is 2.36. The van der Waals surface area contributed by atoms with Crippen LogP contribution in [0.15, 0.2) is 36.4 Å². The smallest absolute Gasteiger partial charge is 0.310 e. The molecule has 0 N–H and O–H groups in total. The van der Waals surface area contributed by atoms with Crippen LogP contribution in [0.1, 0.15) is 36.2 Å². The Morgan fingerprint density at radius 1 is 1.12 bits per heavy atom. The van der Waals surface area contributed by atoms with Gasteiger partial charge in [-0.3, -0.25) is 14.4 Å². The lowest BCUT2D eigenvalue weighted by Gasteiger charge is -2.15. The van der Waals surface area contributed by atoms with Crippen molar-refractivity contribution in [3.05, 3.63) is 47.5 Å². The van der Waals surface area contributed by atoms with Crippen LogP contribution in [0.4, 0.5) is 0 Å². The van der Waals surface area contributed by atoms with Crippen LogP contribution in [0.3, 0.4) is 0 Å². The molecule has 0 unspecified atom stereocenters. The van der Waals surface area contributed by atoms with Crippen molar-refractivity contribution in [2.24, 2.45) is 0 Å². The van der Waals surface area contributed by atoms with E-state index in [4.69, 9.17) is 9.47 Å². The maximum absolute atomic E-state index is 11.7. The van der Waals surface area contributed by atoms with Crippen LogP contribution < -0.4 is 9.47 Å². The topological polar surface area (TPSA) is 69.7 Å². The van der Waals surface area contributed by atoms with Crippen molar-refractivity contribution in [2.75, 3.05) is 0 Å². The second-order valence-electron chi connectivity index (χ2n) is 5.28. The summed E-state index contributed by atoms with van der Waals surface area (Å²) in [5.41, 5.74) is 2.70. The molecule has 2 aromatic rings. The van der Waals surface area contributed by atoms with Gasteiger partial charge in [-0.1, -0.05) is 25.1 Å². The number of esters is 2. The molecular formula is C19H18O5. The van der Waals surface area contributed by atoms with Crippen molar-refractivity contribution in [3.63, 3.8) is 0 Å². The molecule has 124 valence electrons.